The molecular formula is C22H31N3O3S. The fourth-order valence-corrected chi connectivity index (χ4v) is 4.73. The standard InChI is InChI=1S/C22H31N3O3S/c1-22(2,3)28-21(26)24-13-14-9-11-15(12-10-14)20-25-18(19(23)29-20)16-7-5-6-8-17(16)27-4/h5-8,14-15H,9-13,23H2,1-4H3,(H,24,26). The van der Waals surface area contributed by atoms with Gasteiger partial charge in [-0.3, -0.25) is 0 Å². The average Bonchev–Trinajstić information content (AvgIpc) is 3.07. The number of thiazole rings is 1. The Hall–Kier alpha value is -2.28. The summed E-state index contributed by atoms with van der Waals surface area (Å²) in [6, 6.07) is 7.83. The van der Waals surface area contributed by atoms with Gasteiger partial charge in [0.05, 0.1) is 12.1 Å². The molecule has 0 spiro atoms. The number of nitrogen functional groups attached to an aromatic ring is 1. The molecule has 0 unspecified atom stereocenters. The Morgan fingerprint density at radius 3 is 2.59 bits per heavy atom. The lowest BCUT2D eigenvalue weighted by Crippen LogP contribution is -2.36. The first-order valence-electron chi connectivity index (χ1n) is 10.1. The zero-order valence-electron chi connectivity index (χ0n) is 17.7. The second-order valence-electron chi connectivity index (χ2n) is 8.57. The first kappa shape index (κ1) is 21.4. The summed E-state index contributed by atoms with van der Waals surface area (Å²) in [5.74, 6) is 1.68. The monoisotopic (exact) mass is 417 g/mol. The maximum atomic E-state index is 11.8. The van der Waals surface area contributed by atoms with Crippen LogP contribution in [-0.2, 0) is 4.74 Å². The van der Waals surface area contributed by atoms with E-state index in [1.807, 2.05) is 45.0 Å². The van der Waals surface area contributed by atoms with Crippen LogP contribution in [0.4, 0.5) is 9.80 Å². The number of nitrogens with one attached hydrogen (secondary N) is 1. The first-order valence-corrected chi connectivity index (χ1v) is 10.9. The number of benzene rings is 1. The number of anilines is 1. The number of amides is 1. The molecule has 7 heteroatoms. The lowest BCUT2D eigenvalue weighted by Gasteiger charge is -2.28. The largest absolute Gasteiger partial charge is 0.496 e. The fourth-order valence-electron chi connectivity index (χ4n) is 3.71. The first-order chi connectivity index (χ1) is 13.8. The summed E-state index contributed by atoms with van der Waals surface area (Å²) in [6.45, 7) is 6.28. The van der Waals surface area contributed by atoms with Crippen LogP contribution in [0.3, 0.4) is 0 Å². The number of hydrogen-bond acceptors (Lipinski definition) is 6. The molecule has 1 aliphatic carbocycles. The third-order valence-electron chi connectivity index (χ3n) is 5.16. The topological polar surface area (TPSA) is 86.5 Å². The SMILES string of the molecule is COc1ccccc1-c1nc(C2CCC(CNC(=O)OC(C)(C)C)CC2)sc1N. The molecule has 158 valence electrons. The van der Waals surface area contributed by atoms with Crippen molar-refractivity contribution >= 4 is 22.4 Å². The van der Waals surface area contributed by atoms with E-state index in [1.54, 1.807) is 18.4 Å². The van der Waals surface area contributed by atoms with Crippen molar-refractivity contribution in [3.05, 3.63) is 29.3 Å². The molecular weight excluding hydrogens is 386 g/mol. The maximum absolute atomic E-state index is 11.8. The molecule has 1 heterocycles. The highest BCUT2D eigenvalue weighted by molar-refractivity contribution is 7.16. The zero-order valence-corrected chi connectivity index (χ0v) is 18.5. The number of alkyl carbamates (subject to hydrolysis) is 1. The lowest BCUT2D eigenvalue weighted by molar-refractivity contribution is 0.0514. The summed E-state index contributed by atoms with van der Waals surface area (Å²) in [5, 5.41) is 4.74. The van der Waals surface area contributed by atoms with E-state index in [9.17, 15) is 4.79 Å². The van der Waals surface area contributed by atoms with Gasteiger partial charge in [0.2, 0.25) is 0 Å². The number of hydrogen-bond donors (Lipinski definition) is 2. The summed E-state index contributed by atoms with van der Waals surface area (Å²) in [6.07, 6.45) is 3.89. The molecule has 0 bridgehead atoms. The van der Waals surface area contributed by atoms with Gasteiger partial charge in [-0.1, -0.05) is 12.1 Å². The third kappa shape index (κ3) is 5.63. The molecule has 0 aliphatic heterocycles. The van der Waals surface area contributed by atoms with Gasteiger partial charge in [0.25, 0.3) is 0 Å². The van der Waals surface area contributed by atoms with Crippen LogP contribution in [0.5, 0.6) is 5.75 Å². The van der Waals surface area contributed by atoms with Crippen molar-refractivity contribution < 1.29 is 14.3 Å². The van der Waals surface area contributed by atoms with E-state index in [0.717, 1.165) is 52.7 Å². The van der Waals surface area contributed by atoms with Crippen LogP contribution in [0, 0.1) is 5.92 Å². The number of carbonyl (C=O) groups excluding carboxylic acids is 1. The molecule has 0 radical (unpaired) electrons. The number of carbonyl (C=O) groups is 1. The number of nitrogens with two attached hydrogens (primary N) is 1. The van der Waals surface area contributed by atoms with Crippen LogP contribution in [0.1, 0.15) is 57.4 Å². The molecule has 3 N–H and O–H groups in total. The summed E-state index contributed by atoms with van der Waals surface area (Å²) in [7, 11) is 1.66. The van der Waals surface area contributed by atoms with E-state index in [-0.39, 0.29) is 6.09 Å². The van der Waals surface area contributed by atoms with Gasteiger partial charge in [-0.05, 0) is 64.5 Å². The second kappa shape index (κ2) is 9.03. The van der Waals surface area contributed by atoms with Crippen LogP contribution in [0.25, 0.3) is 11.3 Å². The van der Waals surface area contributed by atoms with Gasteiger partial charge >= 0.3 is 6.09 Å². The van der Waals surface area contributed by atoms with Crippen LogP contribution < -0.4 is 15.8 Å². The van der Waals surface area contributed by atoms with Crippen molar-refractivity contribution in [2.75, 3.05) is 19.4 Å². The van der Waals surface area contributed by atoms with Gasteiger partial charge in [-0.25, -0.2) is 9.78 Å². The van der Waals surface area contributed by atoms with E-state index in [1.165, 1.54) is 0 Å². The summed E-state index contributed by atoms with van der Waals surface area (Å²) in [4.78, 5) is 16.7. The number of methoxy groups -OCH3 is 1. The van der Waals surface area contributed by atoms with Gasteiger partial charge in [0.1, 0.15) is 22.0 Å². The highest BCUT2D eigenvalue weighted by atomic mass is 32.1. The Kier molecular flexibility index (Phi) is 6.67. The minimum absolute atomic E-state index is 0.339. The number of ether oxygens (including phenoxy) is 2. The molecule has 0 saturated heterocycles. The molecule has 1 aromatic carbocycles. The van der Waals surface area contributed by atoms with E-state index < -0.39 is 5.60 Å². The Morgan fingerprint density at radius 2 is 1.93 bits per heavy atom. The average molecular weight is 418 g/mol. The Bertz CT molecular complexity index is 836. The number of para-hydroxylation sites is 1. The normalized spacial score (nSPS) is 19.6. The van der Waals surface area contributed by atoms with Crippen molar-refractivity contribution in [1.82, 2.24) is 10.3 Å². The lowest BCUT2D eigenvalue weighted by atomic mass is 9.82. The molecule has 2 aromatic rings. The highest BCUT2D eigenvalue weighted by Gasteiger charge is 2.27. The van der Waals surface area contributed by atoms with Gasteiger partial charge < -0.3 is 20.5 Å². The minimum Gasteiger partial charge on any atom is -0.496 e. The molecule has 0 atom stereocenters. The van der Waals surface area contributed by atoms with E-state index in [4.69, 9.17) is 20.2 Å². The Balaban J connectivity index is 1.57. The summed E-state index contributed by atoms with van der Waals surface area (Å²) < 4.78 is 10.8. The van der Waals surface area contributed by atoms with Crippen molar-refractivity contribution in [2.45, 2.75) is 58.0 Å². The molecule has 1 aromatic heterocycles. The minimum atomic E-state index is -0.467. The van der Waals surface area contributed by atoms with E-state index in [2.05, 4.69) is 5.32 Å². The molecule has 1 amide bonds. The van der Waals surface area contributed by atoms with E-state index in [0.29, 0.717) is 18.4 Å². The predicted molar refractivity (Wildman–Crippen MR) is 117 cm³/mol. The van der Waals surface area contributed by atoms with Crippen LogP contribution >= 0.6 is 11.3 Å². The predicted octanol–water partition coefficient (Wildman–Crippen LogP) is 5.20. The molecule has 1 aliphatic rings. The van der Waals surface area contributed by atoms with Crippen LogP contribution in [-0.4, -0.2) is 30.3 Å². The van der Waals surface area contributed by atoms with Gasteiger partial charge in [-0.2, -0.15) is 0 Å². The number of rotatable bonds is 5. The smallest absolute Gasteiger partial charge is 0.407 e. The summed E-state index contributed by atoms with van der Waals surface area (Å²) in [5.41, 5.74) is 7.59. The maximum Gasteiger partial charge on any atom is 0.407 e. The van der Waals surface area contributed by atoms with Crippen molar-refractivity contribution in [2.24, 2.45) is 5.92 Å². The molecule has 29 heavy (non-hydrogen) atoms. The van der Waals surface area contributed by atoms with Gasteiger partial charge in [-0.15, -0.1) is 11.3 Å². The van der Waals surface area contributed by atoms with Gasteiger partial charge in [0, 0.05) is 18.0 Å². The van der Waals surface area contributed by atoms with Crippen molar-refractivity contribution in [3.8, 4) is 17.0 Å². The highest BCUT2D eigenvalue weighted by Crippen LogP contribution is 2.42. The van der Waals surface area contributed by atoms with Crippen molar-refractivity contribution in [3.63, 3.8) is 0 Å². The van der Waals surface area contributed by atoms with Crippen LogP contribution in [0.15, 0.2) is 24.3 Å². The molecule has 6 nitrogen and oxygen atoms in total. The van der Waals surface area contributed by atoms with Crippen molar-refractivity contribution in [1.29, 1.82) is 0 Å². The second-order valence-corrected chi connectivity index (χ2v) is 9.63. The number of nitrogens with zero attached hydrogens (tertiary/aromatic N) is 1. The van der Waals surface area contributed by atoms with Gasteiger partial charge in [0.15, 0.2) is 0 Å². The Morgan fingerprint density at radius 1 is 1.24 bits per heavy atom. The zero-order chi connectivity index (χ0) is 21.0. The van der Waals surface area contributed by atoms with E-state index >= 15 is 0 Å². The molecule has 1 saturated carbocycles. The Labute approximate surface area is 176 Å². The molecule has 1 fully saturated rings. The van der Waals surface area contributed by atoms with Crippen LogP contribution in [0.2, 0.25) is 0 Å². The third-order valence-corrected chi connectivity index (χ3v) is 6.21. The quantitative estimate of drug-likeness (QED) is 0.698. The summed E-state index contributed by atoms with van der Waals surface area (Å²) >= 11 is 1.58. The fraction of sp³-hybridized carbons (Fsp3) is 0.545. The molecule has 3 rings (SSSR count). The number of aromatic nitrogens is 1.